The molecule has 2 aromatic rings. The zero-order chi connectivity index (χ0) is 21.2. The Balaban J connectivity index is 1.71. The lowest BCUT2D eigenvalue weighted by Crippen LogP contribution is -2.31. The number of rotatable bonds is 7. The average Bonchev–Trinajstić information content (AvgIpc) is 3.28. The van der Waals surface area contributed by atoms with Crippen molar-refractivity contribution in [3.8, 4) is 0 Å². The summed E-state index contributed by atoms with van der Waals surface area (Å²) in [5.41, 5.74) is 0.557. The van der Waals surface area contributed by atoms with Crippen LogP contribution < -0.4 is 10.2 Å². The topological polar surface area (TPSA) is 113 Å². The van der Waals surface area contributed by atoms with Gasteiger partial charge in [-0.3, -0.25) is 9.59 Å². The van der Waals surface area contributed by atoms with Crippen molar-refractivity contribution in [1.29, 1.82) is 0 Å². The Morgan fingerprint density at radius 3 is 2.48 bits per heavy atom. The van der Waals surface area contributed by atoms with E-state index >= 15 is 0 Å². The average molecular weight is 420 g/mol. The molecular formula is C19H24N4O5S. The highest BCUT2D eigenvalue weighted by atomic mass is 32.2. The van der Waals surface area contributed by atoms with E-state index in [2.05, 4.69) is 10.5 Å². The summed E-state index contributed by atoms with van der Waals surface area (Å²) >= 11 is 0. The molecule has 0 bridgehead atoms. The molecule has 9 nitrogen and oxygen atoms in total. The molecule has 0 aliphatic carbocycles. The molecule has 1 aliphatic rings. The van der Waals surface area contributed by atoms with Crippen molar-refractivity contribution in [1.82, 2.24) is 9.46 Å². The molecule has 2 amide bonds. The van der Waals surface area contributed by atoms with Gasteiger partial charge in [-0.2, -0.15) is 4.31 Å². The lowest BCUT2D eigenvalue weighted by molar-refractivity contribution is -0.122. The van der Waals surface area contributed by atoms with Crippen molar-refractivity contribution >= 4 is 33.3 Å². The maximum Gasteiger partial charge on any atom is 0.243 e. The predicted molar refractivity (Wildman–Crippen MR) is 107 cm³/mol. The van der Waals surface area contributed by atoms with Gasteiger partial charge in [-0.1, -0.05) is 19.0 Å². The minimum Gasteiger partial charge on any atom is -0.360 e. The fraction of sp³-hybridized carbons (Fsp3) is 0.421. The largest absolute Gasteiger partial charge is 0.360 e. The number of carbonyl (C=O) groups is 2. The lowest BCUT2D eigenvalue weighted by Gasteiger charge is -2.20. The van der Waals surface area contributed by atoms with E-state index in [1.165, 1.54) is 21.3 Å². The molecule has 1 saturated heterocycles. The molecule has 3 rings (SSSR count). The van der Waals surface area contributed by atoms with Crippen LogP contribution in [0.1, 0.15) is 26.0 Å². The standard InChI is InChI=1S/C19H24N4O5S/c1-4-22(5-2)29(26,27)16-8-6-15(7-9-16)23-12-14(11-18(23)24)19(25)20-17-10-13(3)28-21-17/h6-10,14H,4-5,11-12H2,1-3H3,(H,20,21,25)/t14-/m0/s1. The number of amides is 2. The van der Waals surface area contributed by atoms with Crippen LogP contribution in [0, 0.1) is 12.8 Å². The van der Waals surface area contributed by atoms with Crippen molar-refractivity contribution in [2.24, 2.45) is 5.92 Å². The van der Waals surface area contributed by atoms with Crippen molar-refractivity contribution in [2.45, 2.75) is 32.1 Å². The van der Waals surface area contributed by atoms with Gasteiger partial charge in [0.15, 0.2) is 5.82 Å². The maximum absolute atomic E-state index is 12.6. The smallest absolute Gasteiger partial charge is 0.243 e. The highest BCUT2D eigenvalue weighted by Gasteiger charge is 2.35. The zero-order valence-corrected chi connectivity index (χ0v) is 17.4. The number of hydrogen-bond acceptors (Lipinski definition) is 6. The molecule has 0 unspecified atom stereocenters. The molecule has 1 aromatic heterocycles. The molecule has 156 valence electrons. The summed E-state index contributed by atoms with van der Waals surface area (Å²) in [7, 11) is -3.56. The minimum absolute atomic E-state index is 0.0716. The van der Waals surface area contributed by atoms with Crippen LogP contribution in [-0.2, 0) is 19.6 Å². The van der Waals surface area contributed by atoms with Gasteiger partial charge in [0, 0.05) is 37.8 Å². The molecule has 1 aliphatic heterocycles. The summed E-state index contributed by atoms with van der Waals surface area (Å²) in [5, 5.41) is 6.36. The van der Waals surface area contributed by atoms with E-state index in [4.69, 9.17) is 4.52 Å². The molecule has 29 heavy (non-hydrogen) atoms. The van der Waals surface area contributed by atoms with Crippen LogP contribution in [0.25, 0.3) is 0 Å². The first-order valence-electron chi connectivity index (χ1n) is 9.41. The van der Waals surface area contributed by atoms with Gasteiger partial charge in [-0.25, -0.2) is 8.42 Å². The lowest BCUT2D eigenvalue weighted by atomic mass is 10.1. The molecule has 2 heterocycles. The van der Waals surface area contributed by atoms with Crippen LogP contribution in [0.2, 0.25) is 0 Å². The Hall–Kier alpha value is -2.72. The number of anilines is 2. The number of carbonyl (C=O) groups excluding carboxylic acids is 2. The van der Waals surface area contributed by atoms with Crippen molar-refractivity contribution in [2.75, 3.05) is 29.9 Å². The van der Waals surface area contributed by atoms with Gasteiger partial charge in [-0.05, 0) is 31.2 Å². The number of aromatic nitrogens is 1. The molecular weight excluding hydrogens is 396 g/mol. The van der Waals surface area contributed by atoms with E-state index in [9.17, 15) is 18.0 Å². The van der Waals surface area contributed by atoms with E-state index in [0.29, 0.717) is 30.4 Å². The SMILES string of the molecule is CCN(CC)S(=O)(=O)c1ccc(N2C[C@@H](C(=O)Nc3cc(C)on3)CC2=O)cc1. The highest BCUT2D eigenvalue weighted by Crippen LogP contribution is 2.27. The number of nitrogens with zero attached hydrogens (tertiary/aromatic N) is 3. The first-order valence-corrected chi connectivity index (χ1v) is 10.8. The molecule has 1 aromatic carbocycles. The Bertz CT molecular complexity index is 996. The van der Waals surface area contributed by atoms with Gasteiger partial charge in [0.05, 0.1) is 10.8 Å². The van der Waals surface area contributed by atoms with E-state index in [-0.39, 0.29) is 29.7 Å². The van der Waals surface area contributed by atoms with Gasteiger partial charge >= 0.3 is 0 Å². The Morgan fingerprint density at radius 2 is 1.93 bits per heavy atom. The number of nitrogens with one attached hydrogen (secondary N) is 1. The summed E-state index contributed by atoms with van der Waals surface area (Å²) in [6.07, 6.45) is 0.0716. The fourth-order valence-electron chi connectivity index (χ4n) is 3.30. The van der Waals surface area contributed by atoms with Crippen LogP contribution in [0.15, 0.2) is 39.8 Å². The van der Waals surface area contributed by atoms with E-state index in [1.54, 1.807) is 39.0 Å². The normalized spacial score (nSPS) is 17.2. The monoisotopic (exact) mass is 420 g/mol. The van der Waals surface area contributed by atoms with Crippen LogP contribution in [0.5, 0.6) is 0 Å². The summed E-state index contributed by atoms with van der Waals surface area (Å²) in [6, 6.07) is 7.76. The van der Waals surface area contributed by atoms with Crippen molar-refractivity contribution < 1.29 is 22.5 Å². The number of benzene rings is 1. The molecule has 10 heteroatoms. The summed E-state index contributed by atoms with van der Waals surface area (Å²) < 4.78 is 31.5. The van der Waals surface area contributed by atoms with Crippen molar-refractivity contribution in [3.63, 3.8) is 0 Å². The second kappa shape index (κ2) is 8.34. The Morgan fingerprint density at radius 1 is 1.28 bits per heavy atom. The quantitative estimate of drug-likeness (QED) is 0.733. The zero-order valence-electron chi connectivity index (χ0n) is 16.6. The molecule has 0 saturated carbocycles. The summed E-state index contributed by atoms with van der Waals surface area (Å²) in [6.45, 7) is 6.26. The molecule has 0 radical (unpaired) electrons. The van der Waals surface area contributed by atoms with E-state index in [1.807, 2.05) is 0 Å². The maximum atomic E-state index is 12.6. The fourth-order valence-corrected chi connectivity index (χ4v) is 4.75. The van der Waals surface area contributed by atoms with Crippen LogP contribution in [0.3, 0.4) is 0 Å². The first kappa shape index (κ1) is 21.0. The molecule has 1 atom stereocenters. The van der Waals surface area contributed by atoms with Crippen LogP contribution in [0.4, 0.5) is 11.5 Å². The predicted octanol–water partition coefficient (Wildman–Crippen LogP) is 2.01. The number of sulfonamides is 1. The first-order chi connectivity index (χ1) is 13.8. The third kappa shape index (κ3) is 4.33. The summed E-state index contributed by atoms with van der Waals surface area (Å²) in [4.78, 5) is 26.5. The second-order valence-corrected chi connectivity index (χ2v) is 8.74. The van der Waals surface area contributed by atoms with E-state index < -0.39 is 15.9 Å². The van der Waals surface area contributed by atoms with Crippen LogP contribution in [-0.4, -0.2) is 49.3 Å². The van der Waals surface area contributed by atoms with Gasteiger partial charge in [0.2, 0.25) is 21.8 Å². The third-order valence-electron chi connectivity index (χ3n) is 4.87. The van der Waals surface area contributed by atoms with Crippen molar-refractivity contribution in [3.05, 3.63) is 36.1 Å². The Labute approximate surface area is 169 Å². The van der Waals surface area contributed by atoms with Gasteiger partial charge in [0.25, 0.3) is 0 Å². The molecule has 0 spiro atoms. The number of hydrogen-bond donors (Lipinski definition) is 1. The van der Waals surface area contributed by atoms with Crippen LogP contribution >= 0.6 is 0 Å². The Kier molecular flexibility index (Phi) is 6.04. The number of aryl methyl sites for hydroxylation is 1. The third-order valence-corrected chi connectivity index (χ3v) is 6.93. The van der Waals surface area contributed by atoms with Gasteiger partial charge in [0.1, 0.15) is 5.76 Å². The van der Waals surface area contributed by atoms with E-state index in [0.717, 1.165) is 0 Å². The molecule has 1 N–H and O–H groups in total. The van der Waals surface area contributed by atoms with Gasteiger partial charge in [-0.15, -0.1) is 0 Å². The summed E-state index contributed by atoms with van der Waals surface area (Å²) in [5.74, 6) is -0.150. The minimum atomic E-state index is -3.56. The highest BCUT2D eigenvalue weighted by molar-refractivity contribution is 7.89. The van der Waals surface area contributed by atoms with Gasteiger partial charge < -0.3 is 14.7 Å². The molecule has 1 fully saturated rings. The second-order valence-electron chi connectivity index (χ2n) is 6.80.